The van der Waals surface area contributed by atoms with Crippen LogP contribution in [-0.4, -0.2) is 60.6 Å². The summed E-state index contributed by atoms with van der Waals surface area (Å²) in [6, 6.07) is 5.43. The number of rotatable bonds is 5. The van der Waals surface area contributed by atoms with Crippen molar-refractivity contribution in [1.82, 2.24) is 14.2 Å². The second-order valence-electron chi connectivity index (χ2n) is 9.23. The molecule has 2 saturated heterocycles. The van der Waals surface area contributed by atoms with Crippen LogP contribution in [0.15, 0.2) is 23.1 Å². The number of anilines is 1. The van der Waals surface area contributed by atoms with E-state index < -0.39 is 10.0 Å². The molecule has 2 aliphatic heterocycles. The smallest absolute Gasteiger partial charge is 0.257 e. The van der Waals surface area contributed by atoms with Crippen molar-refractivity contribution in [2.75, 3.05) is 31.5 Å². The van der Waals surface area contributed by atoms with Crippen LogP contribution < -0.4 is 5.32 Å². The molecule has 8 nitrogen and oxygen atoms in total. The van der Waals surface area contributed by atoms with E-state index >= 15 is 0 Å². The van der Waals surface area contributed by atoms with Crippen LogP contribution in [0, 0.1) is 26.7 Å². The molecule has 0 bridgehead atoms. The Bertz CT molecular complexity index is 1210. The van der Waals surface area contributed by atoms with Crippen LogP contribution in [0.3, 0.4) is 0 Å². The van der Waals surface area contributed by atoms with Crippen molar-refractivity contribution < 1.29 is 18.0 Å². The monoisotopic (exact) mass is 506 g/mol. The highest BCUT2D eigenvalue weighted by Crippen LogP contribution is 2.32. The van der Waals surface area contributed by atoms with Crippen molar-refractivity contribution in [1.29, 1.82) is 0 Å². The van der Waals surface area contributed by atoms with E-state index in [2.05, 4.69) is 10.3 Å². The van der Waals surface area contributed by atoms with Gasteiger partial charge in [0, 0.05) is 43.5 Å². The summed E-state index contributed by atoms with van der Waals surface area (Å²) in [5, 5.41) is 3.34. The molecule has 0 radical (unpaired) electrons. The van der Waals surface area contributed by atoms with E-state index in [4.69, 9.17) is 11.6 Å². The molecule has 0 aliphatic carbocycles. The SMILES string of the molecule is Cc1ccc(NC(=O)C2CCN(S(=O)(=O)c3c(C)[nH]c(C)c3C(=O)N3CCCC3)CC2)c(Cl)c1. The molecular weight excluding hydrogens is 476 g/mol. The number of H-pyrrole nitrogens is 1. The van der Waals surface area contributed by atoms with Crippen LogP contribution in [0.5, 0.6) is 0 Å². The Hall–Kier alpha value is -2.36. The number of aromatic nitrogens is 1. The third kappa shape index (κ3) is 4.74. The zero-order chi connectivity index (χ0) is 24.6. The standard InChI is InChI=1S/C24H31ClN4O4S/c1-15-6-7-20(19(25)14-15)27-23(30)18-8-12-29(13-9-18)34(32,33)22-17(3)26-16(2)21(22)24(31)28-10-4-5-11-28/h6-7,14,18,26H,4-5,8-13H2,1-3H3,(H,27,30). The summed E-state index contributed by atoms with van der Waals surface area (Å²) >= 11 is 6.23. The van der Waals surface area contributed by atoms with Gasteiger partial charge in [-0.15, -0.1) is 0 Å². The lowest BCUT2D eigenvalue weighted by atomic mass is 9.97. The Kier molecular flexibility index (Phi) is 7.07. The molecule has 3 heterocycles. The van der Waals surface area contributed by atoms with Crippen LogP contribution in [0.4, 0.5) is 5.69 Å². The number of halogens is 1. The molecule has 2 fully saturated rings. The number of likely N-dealkylation sites (tertiary alicyclic amines) is 1. The first kappa shape index (κ1) is 24.8. The molecule has 0 unspecified atom stereocenters. The molecule has 10 heteroatoms. The average Bonchev–Trinajstić information content (AvgIpc) is 3.43. The van der Waals surface area contributed by atoms with Gasteiger partial charge in [0.05, 0.1) is 16.3 Å². The maximum atomic E-state index is 13.6. The molecule has 0 saturated carbocycles. The first-order valence-electron chi connectivity index (χ1n) is 11.6. The number of piperidine rings is 1. The van der Waals surface area contributed by atoms with Gasteiger partial charge in [0.2, 0.25) is 15.9 Å². The summed E-state index contributed by atoms with van der Waals surface area (Å²) in [6.45, 7) is 7.06. The molecule has 184 valence electrons. The van der Waals surface area contributed by atoms with Crippen molar-refractivity contribution in [2.24, 2.45) is 5.92 Å². The number of carbonyl (C=O) groups excluding carboxylic acids is 2. The van der Waals surface area contributed by atoms with Crippen LogP contribution in [0.25, 0.3) is 0 Å². The van der Waals surface area contributed by atoms with Gasteiger partial charge >= 0.3 is 0 Å². The molecule has 34 heavy (non-hydrogen) atoms. The second kappa shape index (κ2) is 9.71. The maximum Gasteiger partial charge on any atom is 0.257 e. The molecule has 2 amide bonds. The predicted molar refractivity (Wildman–Crippen MR) is 132 cm³/mol. The zero-order valence-corrected chi connectivity index (χ0v) is 21.4. The lowest BCUT2D eigenvalue weighted by molar-refractivity contribution is -0.120. The average molecular weight is 507 g/mol. The lowest BCUT2D eigenvalue weighted by Crippen LogP contribution is -2.42. The number of aryl methyl sites for hydroxylation is 3. The van der Waals surface area contributed by atoms with Crippen LogP contribution >= 0.6 is 11.6 Å². The van der Waals surface area contributed by atoms with Gasteiger partial charge in [-0.3, -0.25) is 9.59 Å². The molecule has 0 spiro atoms. The number of sulfonamides is 1. The predicted octanol–water partition coefficient (Wildman–Crippen LogP) is 3.87. The minimum atomic E-state index is -3.89. The molecule has 0 atom stereocenters. The topological polar surface area (TPSA) is 103 Å². The Morgan fingerprint density at radius 3 is 2.29 bits per heavy atom. The van der Waals surface area contributed by atoms with Crippen molar-refractivity contribution in [2.45, 2.75) is 51.3 Å². The van der Waals surface area contributed by atoms with Crippen molar-refractivity contribution in [3.8, 4) is 0 Å². The molecule has 4 rings (SSSR count). The number of aromatic amines is 1. The minimum Gasteiger partial charge on any atom is -0.361 e. The van der Waals surface area contributed by atoms with Crippen LogP contribution in [0.2, 0.25) is 5.02 Å². The molecule has 2 aliphatic rings. The van der Waals surface area contributed by atoms with E-state index in [1.165, 1.54) is 4.31 Å². The first-order chi connectivity index (χ1) is 16.1. The number of hydrogen-bond donors (Lipinski definition) is 2. The number of hydrogen-bond acceptors (Lipinski definition) is 4. The minimum absolute atomic E-state index is 0.0660. The summed E-state index contributed by atoms with van der Waals surface area (Å²) in [5.41, 5.74) is 2.83. The number of benzene rings is 1. The molecule has 2 N–H and O–H groups in total. The summed E-state index contributed by atoms with van der Waals surface area (Å²) in [5.74, 6) is -0.716. The highest BCUT2D eigenvalue weighted by molar-refractivity contribution is 7.89. The van der Waals surface area contributed by atoms with Gasteiger partial charge in [-0.2, -0.15) is 4.31 Å². The Morgan fingerprint density at radius 2 is 1.68 bits per heavy atom. The van der Waals surface area contributed by atoms with Crippen molar-refractivity contribution >= 4 is 39.1 Å². The largest absolute Gasteiger partial charge is 0.361 e. The van der Waals surface area contributed by atoms with Crippen molar-refractivity contribution in [3.05, 3.63) is 45.7 Å². The Labute approximate surface area is 205 Å². The fraction of sp³-hybridized carbons (Fsp3) is 0.500. The van der Waals surface area contributed by atoms with Crippen LogP contribution in [-0.2, 0) is 14.8 Å². The van der Waals surface area contributed by atoms with Gasteiger partial charge in [0.15, 0.2) is 0 Å². The lowest BCUT2D eigenvalue weighted by Gasteiger charge is -2.31. The van der Waals surface area contributed by atoms with E-state index in [0.717, 1.165) is 18.4 Å². The molecule has 1 aromatic carbocycles. The van der Waals surface area contributed by atoms with Gasteiger partial charge in [-0.05, 0) is 64.2 Å². The highest BCUT2D eigenvalue weighted by atomic mass is 35.5. The summed E-state index contributed by atoms with van der Waals surface area (Å²) in [4.78, 5) is 30.8. The second-order valence-corrected chi connectivity index (χ2v) is 11.5. The van der Waals surface area contributed by atoms with E-state index in [9.17, 15) is 18.0 Å². The molecule has 1 aromatic heterocycles. The summed E-state index contributed by atoms with van der Waals surface area (Å²) in [7, 11) is -3.89. The van der Waals surface area contributed by atoms with Gasteiger partial charge in [-0.25, -0.2) is 8.42 Å². The molecule has 2 aromatic rings. The summed E-state index contributed by atoms with van der Waals surface area (Å²) < 4.78 is 28.6. The van der Waals surface area contributed by atoms with Gasteiger partial charge in [0.1, 0.15) is 4.90 Å². The van der Waals surface area contributed by atoms with E-state index in [1.54, 1.807) is 30.9 Å². The number of nitrogens with zero attached hydrogens (tertiary/aromatic N) is 2. The number of nitrogens with one attached hydrogen (secondary N) is 2. The zero-order valence-electron chi connectivity index (χ0n) is 19.8. The quantitative estimate of drug-likeness (QED) is 0.642. The van der Waals surface area contributed by atoms with E-state index in [0.29, 0.717) is 48.0 Å². The Morgan fingerprint density at radius 1 is 1.03 bits per heavy atom. The van der Waals surface area contributed by atoms with Crippen molar-refractivity contribution in [3.63, 3.8) is 0 Å². The summed E-state index contributed by atoms with van der Waals surface area (Å²) in [6.07, 6.45) is 2.65. The third-order valence-corrected chi connectivity index (χ3v) is 9.11. The van der Waals surface area contributed by atoms with E-state index in [1.807, 2.05) is 13.0 Å². The molecular formula is C24H31ClN4O4S. The number of amides is 2. The van der Waals surface area contributed by atoms with Gasteiger partial charge in [0.25, 0.3) is 5.91 Å². The fourth-order valence-electron chi connectivity index (χ4n) is 4.86. The fourth-order valence-corrected chi connectivity index (χ4v) is 7.03. The number of carbonyl (C=O) groups is 2. The highest BCUT2D eigenvalue weighted by Gasteiger charge is 2.38. The van der Waals surface area contributed by atoms with Gasteiger partial charge < -0.3 is 15.2 Å². The van der Waals surface area contributed by atoms with E-state index in [-0.39, 0.29) is 41.3 Å². The van der Waals surface area contributed by atoms with Gasteiger partial charge in [-0.1, -0.05) is 17.7 Å². The Balaban J connectivity index is 1.48. The van der Waals surface area contributed by atoms with Crippen LogP contribution in [0.1, 0.15) is 53.0 Å². The normalized spacial score (nSPS) is 17.8. The third-order valence-electron chi connectivity index (χ3n) is 6.73. The first-order valence-corrected chi connectivity index (χ1v) is 13.5. The maximum absolute atomic E-state index is 13.6.